The molecule has 0 unspecified atom stereocenters. The van der Waals surface area contributed by atoms with Crippen LogP contribution in [0, 0.1) is 0 Å². The topological polar surface area (TPSA) is 83.5 Å². The predicted molar refractivity (Wildman–Crippen MR) is 81.9 cm³/mol. The second kappa shape index (κ2) is 7.20. The summed E-state index contributed by atoms with van der Waals surface area (Å²) in [5.41, 5.74) is 3.19. The smallest absolute Gasteiger partial charge is 0.325 e. The molecule has 1 aromatic carbocycles. The number of aryl methyl sites for hydroxylation is 2. The fourth-order valence-corrected chi connectivity index (χ4v) is 2.65. The number of ketones is 1. The summed E-state index contributed by atoms with van der Waals surface area (Å²) < 4.78 is 0. The van der Waals surface area contributed by atoms with Crippen molar-refractivity contribution >= 4 is 17.7 Å². The molecule has 0 fully saturated rings. The number of Topliss-reactive ketones (excluding diaryl/α,β-unsaturated/α-hetero) is 1. The van der Waals surface area contributed by atoms with Crippen molar-refractivity contribution in [3.8, 4) is 0 Å². The van der Waals surface area contributed by atoms with Crippen LogP contribution in [0.1, 0.15) is 54.1 Å². The van der Waals surface area contributed by atoms with E-state index in [1.165, 1.54) is 24.5 Å². The summed E-state index contributed by atoms with van der Waals surface area (Å²) in [6.07, 6.45) is 4.53. The first-order valence-electron chi connectivity index (χ1n) is 7.64. The van der Waals surface area contributed by atoms with Crippen LogP contribution in [-0.4, -0.2) is 28.8 Å². The summed E-state index contributed by atoms with van der Waals surface area (Å²) in [5, 5.41) is 11.1. The van der Waals surface area contributed by atoms with Crippen molar-refractivity contribution in [1.82, 2.24) is 5.32 Å². The number of aliphatic carboxylic acids is 1. The largest absolute Gasteiger partial charge is 0.480 e. The minimum Gasteiger partial charge on any atom is -0.480 e. The number of carbonyl (C=O) groups is 3. The first-order chi connectivity index (χ1) is 10.5. The Kier molecular flexibility index (Phi) is 5.31. The van der Waals surface area contributed by atoms with Gasteiger partial charge in [0.15, 0.2) is 5.78 Å². The average molecular weight is 303 g/mol. The van der Waals surface area contributed by atoms with Crippen LogP contribution < -0.4 is 5.32 Å². The first kappa shape index (κ1) is 16.2. The molecule has 0 aromatic heterocycles. The number of carboxylic acids is 1. The Hall–Kier alpha value is -2.17. The molecular formula is C17H21NO4. The Balaban J connectivity index is 1.90. The van der Waals surface area contributed by atoms with Crippen molar-refractivity contribution < 1.29 is 19.5 Å². The molecule has 1 amide bonds. The number of rotatable bonds is 6. The highest BCUT2D eigenvalue weighted by molar-refractivity contribution is 5.98. The zero-order valence-corrected chi connectivity index (χ0v) is 12.7. The number of carbonyl (C=O) groups excluding carboxylic acids is 2. The molecule has 118 valence electrons. The zero-order valence-electron chi connectivity index (χ0n) is 12.7. The van der Waals surface area contributed by atoms with E-state index in [0.717, 1.165) is 19.3 Å². The van der Waals surface area contributed by atoms with Gasteiger partial charge in [-0.15, -0.1) is 0 Å². The molecule has 1 aliphatic carbocycles. The van der Waals surface area contributed by atoms with E-state index >= 15 is 0 Å². The summed E-state index contributed by atoms with van der Waals surface area (Å²) in [6.45, 7) is 1.39. The first-order valence-corrected chi connectivity index (χ1v) is 7.64. The SMILES string of the molecule is C[C@@H](NC(=O)CCC(=O)c1ccc2c(c1)CCCC2)C(=O)O. The van der Waals surface area contributed by atoms with Crippen LogP contribution in [0.3, 0.4) is 0 Å². The molecule has 1 aromatic rings. The molecule has 2 N–H and O–H groups in total. The Morgan fingerprint density at radius 3 is 2.50 bits per heavy atom. The highest BCUT2D eigenvalue weighted by Crippen LogP contribution is 2.22. The third-order valence-corrected chi connectivity index (χ3v) is 4.00. The molecule has 2 rings (SSSR count). The standard InChI is InChI=1S/C17H21NO4/c1-11(17(21)22)18-16(20)9-8-15(19)14-7-6-12-4-2-3-5-13(12)10-14/h6-7,10-11H,2-5,8-9H2,1H3,(H,18,20)(H,21,22)/t11-/m1/s1. The van der Waals surface area contributed by atoms with Crippen molar-refractivity contribution in [2.75, 3.05) is 0 Å². The fourth-order valence-electron chi connectivity index (χ4n) is 2.65. The number of nitrogens with one attached hydrogen (secondary N) is 1. The summed E-state index contributed by atoms with van der Waals surface area (Å²) in [5.74, 6) is -1.58. The van der Waals surface area contributed by atoms with Crippen LogP contribution in [0.15, 0.2) is 18.2 Å². The summed E-state index contributed by atoms with van der Waals surface area (Å²) in [7, 11) is 0. The quantitative estimate of drug-likeness (QED) is 0.788. The maximum atomic E-state index is 12.2. The van der Waals surface area contributed by atoms with Gasteiger partial charge >= 0.3 is 5.97 Å². The molecule has 0 saturated heterocycles. The Bertz CT molecular complexity index is 594. The fraction of sp³-hybridized carbons (Fsp3) is 0.471. The Morgan fingerprint density at radius 2 is 1.82 bits per heavy atom. The van der Waals surface area contributed by atoms with Gasteiger partial charge < -0.3 is 10.4 Å². The maximum Gasteiger partial charge on any atom is 0.325 e. The van der Waals surface area contributed by atoms with E-state index in [1.807, 2.05) is 18.2 Å². The van der Waals surface area contributed by atoms with Crippen molar-refractivity contribution in [2.45, 2.75) is 51.5 Å². The van der Waals surface area contributed by atoms with E-state index in [0.29, 0.717) is 5.56 Å². The molecule has 22 heavy (non-hydrogen) atoms. The lowest BCUT2D eigenvalue weighted by atomic mass is 9.89. The normalized spacial score (nSPS) is 14.8. The van der Waals surface area contributed by atoms with Gasteiger partial charge in [-0.2, -0.15) is 0 Å². The van der Waals surface area contributed by atoms with Crippen molar-refractivity contribution in [3.05, 3.63) is 34.9 Å². The zero-order chi connectivity index (χ0) is 16.1. The van der Waals surface area contributed by atoms with E-state index in [2.05, 4.69) is 5.32 Å². The molecule has 0 radical (unpaired) electrons. The molecule has 1 aliphatic rings. The number of hydrogen-bond acceptors (Lipinski definition) is 3. The number of carboxylic acid groups (broad SMARTS) is 1. The minimum atomic E-state index is -1.09. The van der Waals surface area contributed by atoms with Gasteiger partial charge in [-0.05, 0) is 49.8 Å². The van der Waals surface area contributed by atoms with Gasteiger partial charge in [0.25, 0.3) is 0 Å². The van der Waals surface area contributed by atoms with Crippen molar-refractivity contribution in [2.24, 2.45) is 0 Å². The monoisotopic (exact) mass is 303 g/mol. The Labute approximate surface area is 129 Å². The molecule has 0 aliphatic heterocycles. The number of benzene rings is 1. The molecule has 5 nitrogen and oxygen atoms in total. The molecular weight excluding hydrogens is 282 g/mol. The lowest BCUT2D eigenvalue weighted by Gasteiger charge is -2.16. The van der Waals surface area contributed by atoms with E-state index in [4.69, 9.17) is 5.11 Å². The van der Waals surface area contributed by atoms with E-state index in [-0.39, 0.29) is 18.6 Å². The van der Waals surface area contributed by atoms with Gasteiger partial charge in [-0.3, -0.25) is 14.4 Å². The average Bonchev–Trinajstić information content (AvgIpc) is 2.52. The highest BCUT2D eigenvalue weighted by Gasteiger charge is 2.16. The van der Waals surface area contributed by atoms with E-state index < -0.39 is 17.9 Å². The van der Waals surface area contributed by atoms with Gasteiger partial charge in [-0.25, -0.2) is 0 Å². The molecule has 5 heteroatoms. The summed E-state index contributed by atoms with van der Waals surface area (Å²) in [6, 6.07) is 4.83. The second-order valence-corrected chi connectivity index (χ2v) is 5.74. The van der Waals surface area contributed by atoms with E-state index in [9.17, 15) is 14.4 Å². The lowest BCUT2D eigenvalue weighted by Crippen LogP contribution is -2.38. The van der Waals surface area contributed by atoms with Gasteiger partial charge in [0, 0.05) is 18.4 Å². The van der Waals surface area contributed by atoms with Crippen LogP contribution in [0.25, 0.3) is 0 Å². The molecule has 0 spiro atoms. The molecule has 0 bridgehead atoms. The highest BCUT2D eigenvalue weighted by atomic mass is 16.4. The minimum absolute atomic E-state index is 0.00748. The lowest BCUT2D eigenvalue weighted by molar-refractivity contribution is -0.141. The van der Waals surface area contributed by atoms with Gasteiger partial charge in [0.05, 0.1) is 0 Å². The number of hydrogen-bond donors (Lipinski definition) is 2. The van der Waals surface area contributed by atoms with Gasteiger partial charge in [0.2, 0.25) is 5.91 Å². The van der Waals surface area contributed by atoms with Crippen LogP contribution in [-0.2, 0) is 22.4 Å². The van der Waals surface area contributed by atoms with Crippen LogP contribution in [0.5, 0.6) is 0 Å². The second-order valence-electron chi connectivity index (χ2n) is 5.74. The summed E-state index contributed by atoms with van der Waals surface area (Å²) >= 11 is 0. The van der Waals surface area contributed by atoms with Gasteiger partial charge in [0.1, 0.15) is 6.04 Å². The van der Waals surface area contributed by atoms with Crippen molar-refractivity contribution in [3.63, 3.8) is 0 Å². The third-order valence-electron chi connectivity index (χ3n) is 4.00. The van der Waals surface area contributed by atoms with Gasteiger partial charge in [-0.1, -0.05) is 12.1 Å². The number of amides is 1. The van der Waals surface area contributed by atoms with E-state index in [1.54, 1.807) is 0 Å². The molecule has 0 saturated carbocycles. The predicted octanol–water partition coefficient (Wildman–Crippen LogP) is 2.12. The molecule has 1 atom stereocenters. The van der Waals surface area contributed by atoms with Crippen molar-refractivity contribution in [1.29, 1.82) is 0 Å². The van der Waals surface area contributed by atoms with Crippen LogP contribution >= 0.6 is 0 Å². The molecule has 0 heterocycles. The number of fused-ring (bicyclic) bond motifs is 1. The third kappa shape index (κ3) is 4.16. The van der Waals surface area contributed by atoms with Crippen LogP contribution in [0.4, 0.5) is 0 Å². The Morgan fingerprint density at radius 1 is 1.14 bits per heavy atom. The van der Waals surface area contributed by atoms with Crippen LogP contribution in [0.2, 0.25) is 0 Å². The maximum absolute atomic E-state index is 12.2. The summed E-state index contributed by atoms with van der Waals surface area (Å²) in [4.78, 5) is 34.4.